The molecule has 0 aliphatic rings. The van der Waals surface area contributed by atoms with Crippen molar-refractivity contribution in [2.45, 2.75) is 6.42 Å². The molecule has 13 heavy (non-hydrogen) atoms. The molecule has 3 heteroatoms. The van der Waals surface area contributed by atoms with E-state index >= 15 is 0 Å². The van der Waals surface area contributed by atoms with Gasteiger partial charge in [0.15, 0.2) is 0 Å². The Morgan fingerprint density at radius 2 is 2.23 bits per heavy atom. The minimum atomic E-state index is 0.603. The largest absolute Gasteiger partial charge is 0.398 e. The Morgan fingerprint density at radius 1 is 1.46 bits per heavy atom. The first-order valence-corrected chi connectivity index (χ1v) is 5.07. The Labute approximate surface area is 89.0 Å². The quantitative estimate of drug-likeness (QED) is 0.585. The van der Waals surface area contributed by atoms with E-state index in [2.05, 4.69) is 18.7 Å². The van der Waals surface area contributed by atoms with E-state index in [1.807, 2.05) is 18.2 Å². The van der Waals surface area contributed by atoms with E-state index in [0.29, 0.717) is 10.7 Å². The van der Waals surface area contributed by atoms with E-state index in [9.17, 15) is 0 Å². The molecule has 0 unspecified atom stereocenters. The molecule has 1 nitrogen and oxygen atoms in total. The first kappa shape index (κ1) is 10.5. The van der Waals surface area contributed by atoms with E-state index < -0.39 is 0 Å². The molecule has 0 aromatic heterocycles. The van der Waals surface area contributed by atoms with Gasteiger partial charge in [0.1, 0.15) is 0 Å². The van der Waals surface area contributed by atoms with Gasteiger partial charge in [0.25, 0.3) is 0 Å². The van der Waals surface area contributed by atoms with Crippen molar-refractivity contribution in [1.29, 1.82) is 0 Å². The van der Waals surface area contributed by atoms with Gasteiger partial charge >= 0.3 is 0 Å². The smallest absolute Gasteiger partial charge is 0.0635 e. The Balaban J connectivity index is 2.73. The molecule has 0 aliphatic carbocycles. The summed E-state index contributed by atoms with van der Waals surface area (Å²) in [4.78, 5) is 0. The van der Waals surface area contributed by atoms with Crippen LogP contribution in [0.4, 0.5) is 5.69 Å². The fraction of sp³-hybridized carbons (Fsp3) is 0.200. The first-order valence-electron chi connectivity index (χ1n) is 4.06. The van der Waals surface area contributed by atoms with Crippen LogP contribution in [0.3, 0.4) is 0 Å². The topological polar surface area (TPSA) is 26.0 Å². The van der Waals surface area contributed by atoms with Crippen LogP contribution in [0.5, 0.6) is 0 Å². The minimum absolute atomic E-state index is 0.603. The normalized spacial score (nSPS) is 10.9. The molecule has 1 aromatic rings. The molecular formula is C10H12ClNS. The van der Waals surface area contributed by atoms with Gasteiger partial charge in [-0.1, -0.05) is 29.8 Å². The zero-order chi connectivity index (χ0) is 9.68. The van der Waals surface area contributed by atoms with Gasteiger partial charge in [-0.3, -0.25) is 0 Å². The summed E-state index contributed by atoms with van der Waals surface area (Å²) in [5.41, 5.74) is 7.34. The zero-order valence-corrected chi connectivity index (χ0v) is 8.85. The molecule has 0 radical (unpaired) electrons. The van der Waals surface area contributed by atoms with E-state index in [1.54, 1.807) is 6.07 Å². The summed E-state index contributed by atoms with van der Waals surface area (Å²) >= 11 is 9.89. The number of anilines is 1. The zero-order valence-electron chi connectivity index (χ0n) is 7.20. The predicted octanol–water partition coefficient (Wildman–Crippen LogP) is 3.26. The van der Waals surface area contributed by atoms with Gasteiger partial charge in [-0.25, -0.2) is 0 Å². The lowest BCUT2D eigenvalue weighted by molar-refractivity contribution is 1.26. The molecule has 0 fully saturated rings. The van der Waals surface area contributed by atoms with Crippen molar-refractivity contribution in [3.63, 3.8) is 0 Å². The Morgan fingerprint density at radius 3 is 2.85 bits per heavy atom. The molecular weight excluding hydrogens is 202 g/mol. The Kier molecular flexibility index (Phi) is 4.19. The van der Waals surface area contributed by atoms with Gasteiger partial charge in [0.2, 0.25) is 0 Å². The molecule has 0 atom stereocenters. The highest BCUT2D eigenvalue weighted by Gasteiger charge is 1.94. The van der Waals surface area contributed by atoms with Crippen molar-refractivity contribution in [2.75, 3.05) is 11.5 Å². The summed E-state index contributed by atoms with van der Waals surface area (Å²) in [6.45, 7) is 0. The van der Waals surface area contributed by atoms with E-state index in [-0.39, 0.29) is 0 Å². The minimum Gasteiger partial charge on any atom is -0.398 e. The van der Waals surface area contributed by atoms with Gasteiger partial charge in [-0.2, -0.15) is 12.6 Å². The fourth-order valence-electron chi connectivity index (χ4n) is 0.960. The van der Waals surface area contributed by atoms with Gasteiger partial charge in [-0.15, -0.1) is 0 Å². The van der Waals surface area contributed by atoms with Crippen LogP contribution < -0.4 is 5.73 Å². The number of hydrogen-bond acceptors (Lipinski definition) is 2. The number of thiol groups is 1. The van der Waals surface area contributed by atoms with Crippen LogP contribution in [-0.2, 0) is 0 Å². The molecule has 0 amide bonds. The summed E-state index contributed by atoms with van der Waals surface area (Å²) in [5.74, 6) is 0.861. The van der Waals surface area contributed by atoms with E-state index in [0.717, 1.165) is 17.7 Å². The highest BCUT2D eigenvalue weighted by molar-refractivity contribution is 7.80. The third-order valence-electron chi connectivity index (χ3n) is 1.63. The summed E-state index contributed by atoms with van der Waals surface area (Å²) < 4.78 is 0. The molecule has 0 heterocycles. The van der Waals surface area contributed by atoms with Crippen LogP contribution >= 0.6 is 24.2 Å². The Hall–Kier alpha value is -0.600. The average Bonchev–Trinajstić information content (AvgIpc) is 2.12. The lowest BCUT2D eigenvalue weighted by atomic mass is 10.2. The predicted molar refractivity (Wildman–Crippen MR) is 63.4 cm³/mol. The van der Waals surface area contributed by atoms with E-state index in [1.165, 1.54) is 0 Å². The van der Waals surface area contributed by atoms with Crippen molar-refractivity contribution in [3.05, 3.63) is 34.9 Å². The number of nitrogen functional groups attached to an aromatic ring is 1. The molecule has 0 saturated carbocycles. The second-order valence-corrected chi connectivity index (χ2v) is 3.55. The molecule has 2 N–H and O–H groups in total. The van der Waals surface area contributed by atoms with Crippen molar-refractivity contribution in [2.24, 2.45) is 0 Å². The van der Waals surface area contributed by atoms with Crippen LogP contribution in [-0.4, -0.2) is 5.75 Å². The lowest BCUT2D eigenvalue weighted by Gasteiger charge is -1.98. The van der Waals surface area contributed by atoms with Gasteiger partial charge < -0.3 is 5.73 Å². The maximum atomic E-state index is 5.78. The SMILES string of the molecule is Nc1cc(C=CCCS)ccc1Cl. The maximum absolute atomic E-state index is 5.78. The number of nitrogens with two attached hydrogens (primary N) is 1. The number of hydrogen-bond donors (Lipinski definition) is 2. The number of rotatable bonds is 3. The molecule has 1 rings (SSSR count). The van der Waals surface area contributed by atoms with E-state index in [4.69, 9.17) is 17.3 Å². The second-order valence-electron chi connectivity index (χ2n) is 2.70. The van der Waals surface area contributed by atoms with Gasteiger partial charge in [0, 0.05) is 0 Å². The highest BCUT2D eigenvalue weighted by Crippen LogP contribution is 2.20. The molecule has 1 aromatic carbocycles. The maximum Gasteiger partial charge on any atom is 0.0635 e. The van der Waals surface area contributed by atoms with Gasteiger partial charge in [0.05, 0.1) is 10.7 Å². The third kappa shape index (κ3) is 3.33. The molecule has 0 spiro atoms. The monoisotopic (exact) mass is 213 g/mol. The van der Waals surface area contributed by atoms with Crippen molar-refractivity contribution >= 4 is 36.0 Å². The van der Waals surface area contributed by atoms with Crippen LogP contribution in [0.1, 0.15) is 12.0 Å². The number of halogens is 1. The van der Waals surface area contributed by atoms with Crippen LogP contribution in [0.25, 0.3) is 6.08 Å². The number of benzene rings is 1. The fourth-order valence-corrected chi connectivity index (χ4v) is 1.23. The summed E-state index contributed by atoms with van der Waals surface area (Å²) in [5, 5.41) is 0.603. The van der Waals surface area contributed by atoms with Crippen molar-refractivity contribution in [1.82, 2.24) is 0 Å². The summed E-state index contributed by atoms with van der Waals surface area (Å²) in [6, 6.07) is 5.60. The molecule has 70 valence electrons. The lowest BCUT2D eigenvalue weighted by Crippen LogP contribution is -1.86. The highest BCUT2D eigenvalue weighted by atomic mass is 35.5. The molecule has 0 saturated heterocycles. The van der Waals surface area contributed by atoms with Crippen LogP contribution in [0.2, 0.25) is 5.02 Å². The first-order chi connectivity index (χ1) is 6.24. The molecule has 0 bridgehead atoms. The van der Waals surface area contributed by atoms with Crippen LogP contribution in [0, 0.1) is 0 Å². The number of allylic oxidation sites excluding steroid dienone is 1. The Bertz CT molecular complexity index is 310. The summed E-state index contributed by atoms with van der Waals surface area (Å²) in [6.07, 6.45) is 5.05. The van der Waals surface area contributed by atoms with Gasteiger partial charge in [-0.05, 0) is 29.9 Å². The standard InChI is InChI=1S/C10H12ClNS/c11-9-5-4-8(7-10(9)12)3-1-2-6-13/h1,3-5,7,13H,2,6,12H2. The second kappa shape index (κ2) is 5.20. The third-order valence-corrected chi connectivity index (χ3v) is 2.23. The van der Waals surface area contributed by atoms with Crippen molar-refractivity contribution < 1.29 is 0 Å². The average molecular weight is 214 g/mol. The van der Waals surface area contributed by atoms with Crippen molar-refractivity contribution in [3.8, 4) is 0 Å². The van der Waals surface area contributed by atoms with Crippen LogP contribution in [0.15, 0.2) is 24.3 Å². The summed E-state index contributed by atoms with van der Waals surface area (Å²) in [7, 11) is 0. The molecule has 0 aliphatic heterocycles.